The maximum Gasteiger partial charge on any atom is 0.407 e. The highest BCUT2D eigenvalue weighted by atomic mass is 16.5. The fourth-order valence-electron chi connectivity index (χ4n) is 1.70. The number of carbonyl (C=O) groups is 4. The van der Waals surface area contributed by atoms with Gasteiger partial charge in [-0.25, -0.2) is 9.59 Å². The maximum atomic E-state index is 11.6. The molecule has 0 radical (unpaired) electrons. The van der Waals surface area contributed by atoms with E-state index in [1.54, 1.807) is 24.3 Å². The molecule has 0 aliphatic carbocycles. The van der Waals surface area contributed by atoms with Gasteiger partial charge in [0, 0.05) is 6.42 Å². The molecule has 0 bridgehead atoms. The Morgan fingerprint density at radius 1 is 1.08 bits per heavy atom. The van der Waals surface area contributed by atoms with E-state index >= 15 is 0 Å². The third kappa shape index (κ3) is 7.78. The molecule has 9 nitrogen and oxygen atoms in total. The molecular weight excluding hydrogens is 320 g/mol. The molecule has 0 spiro atoms. The first-order valence-electron chi connectivity index (χ1n) is 7.07. The van der Waals surface area contributed by atoms with E-state index in [2.05, 4.69) is 10.6 Å². The Labute approximate surface area is 137 Å². The first-order chi connectivity index (χ1) is 11.4. The zero-order valence-corrected chi connectivity index (χ0v) is 12.7. The van der Waals surface area contributed by atoms with Crippen LogP contribution in [-0.4, -0.2) is 46.7 Å². The number of amides is 2. The summed E-state index contributed by atoms with van der Waals surface area (Å²) in [6.45, 7) is -0.449. The summed E-state index contributed by atoms with van der Waals surface area (Å²) in [5, 5.41) is 21.7. The molecule has 2 amide bonds. The zero-order valence-electron chi connectivity index (χ0n) is 12.7. The molecule has 0 unspecified atom stereocenters. The van der Waals surface area contributed by atoms with Crippen molar-refractivity contribution in [2.75, 3.05) is 6.54 Å². The van der Waals surface area contributed by atoms with Gasteiger partial charge in [0.25, 0.3) is 0 Å². The highest BCUT2D eigenvalue weighted by molar-refractivity contribution is 5.86. The van der Waals surface area contributed by atoms with Gasteiger partial charge in [0.15, 0.2) is 0 Å². The lowest BCUT2D eigenvalue weighted by Gasteiger charge is -2.13. The number of ether oxygens (including phenoxy) is 1. The lowest BCUT2D eigenvalue weighted by atomic mass is 10.1. The number of hydrogen-bond donors (Lipinski definition) is 4. The minimum absolute atomic E-state index is 0.0324. The summed E-state index contributed by atoms with van der Waals surface area (Å²) in [6.07, 6.45) is -1.48. The summed E-state index contributed by atoms with van der Waals surface area (Å²) < 4.78 is 4.89. The van der Waals surface area contributed by atoms with Crippen LogP contribution in [0.25, 0.3) is 0 Å². The Balaban J connectivity index is 2.31. The van der Waals surface area contributed by atoms with Crippen molar-refractivity contribution >= 4 is 23.9 Å². The van der Waals surface area contributed by atoms with Gasteiger partial charge in [-0.3, -0.25) is 9.59 Å². The van der Waals surface area contributed by atoms with E-state index < -0.39 is 42.9 Å². The lowest BCUT2D eigenvalue weighted by Crippen LogP contribution is -2.45. The quantitative estimate of drug-likeness (QED) is 0.509. The molecule has 1 aromatic carbocycles. The summed E-state index contributed by atoms with van der Waals surface area (Å²) in [5.74, 6) is -3.28. The maximum absolute atomic E-state index is 11.6. The molecule has 0 saturated heterocycles. The second-order valence-corrected chi connectivity index (χ2v) is 4.81. The molecule has 0 fully saturated rings. The number of rotatable bonds is 9. The molecular formula is C15H18N2O7. The van der Waals surface area contributed by atoms with Crippen LogP contribution >= 0.6 is 0 Å². The first kappa shape index (κ1) is 18.9. The molecule has 24 heavy (non-hydrogen) atoms. The van der Waals surface area contributed by atoms with Crippen molar-refractivity contribution in [2.24, 2.45) is 0 Å². The fraction of sp³-hybridized carbons (Fsp3) is 0.333. The van der Waals surface area contributed by atoms with Crippen molar-refractivity contribution in [3.63, 3.8) is 0 Å². The van der Waals surface area contributed by atoms with E-state index in [1.807, 2.05) is 6.07 Å². The number of aliphatic carboxylic acids is 2. The third-order valence-electron chi connectivity index (χ3n) is 2.89. The number of hydrogen-bond acceptors (Lipinski definition) is 5. The predicted molar refractivity (Wildman–Crippen MR) is 81.1 cm³/mol. The van der Waals surface area contributed by atoms with E-state index in [0.29, 0.717) is 0 Å². The van der Waals surface area contributed by atoms with Crippen LogP contribution in [-0.2, 0) is 25.7 Å². The second kappa shape index (κ2) is 9.82. The number of carboxylic acids is 2. The van der Waals surface area contributed by atoms with Crippen LogP contribution in [0.2, 0.25) is 0 Å². The zero-order chi connectivity index (χ0) is 17.9. The molecule has 0 heterocycles. The lowest BCUT2D eigenvalue weighted by molar-refractivity contribution is -0.142. The van der Waals surface area contributed by atoms with Gasteiger partial charge in [-0.05, 0) is 12.0 Å². The number of benzene rings is 1. The van der Waals surface area contributed by atoms with E-state index in [-0.39, 0.29) is 13.0 Å². The monoisotopic (exact) mass is 338 g/mol. The van der Waals surface area contributed by atoms with E-state index in [4.69, 9.17) is 14.9 Å². The molecule has 0 aliphatic heterocycles. The predicted octanol–water partition coefficient (Wildman–Crippen LogP) is 0.347. The van der Waals surface area contributed by atoms with Crippen LogP contribution in [0.3, 0.4) is 0 Å². The Morgan fingerprint density at radius 2 is 1.75 bits per heavy atom. The van der Waals surface area contributed by atoms with Crippen molar-refractivity contribution in [2.45, 2.75) is 25.5 Å². The first-order valence-corrected chi connectivity index (χ1v) is 7.07. The van der Waals surface area contributed by atoms with Gasteiger partial charge in [-0.1, -0.05) is 30.3 Å². The van der Waals surface area contributed by atoms with E-state index in [1.165, 1.54) is 0 Å². The molecule has 4 N–H and O–H groups in total. The Kier molecular flexibility index (Phi) is 7.76. The average Bonchev–Trinajstić information content (AvgIpc) is 2.55. The standard InChI is InChI=1S/C15H18N2O7/c18-12(17-11(14(21)22)6-7-13(19)20)8-16-15(23)24-9-10-4-2-1-3-5-10/h1-5,11H,6-9H2,(H,16,23)(H,17,18)(H,19,20)(H,21,22)/t11-/m1/s1. The van der Waals surface area contributed by atoms with Gasteiger partial charge in [-0.15, -0.1) is 0 Å². The smallest absolute Gasteiger partial charge is 0.407 e. The van der Waals surface area contributed by atoms with Gasteiger partial charge in [0.1, 0.15) is 19.2 Å². The van der Waals surface area contributed by atoms with Crippen LogP contribution in [0.4, 0.5) is 4.79 Å². The molecule has 1 rings (SSSR count). The minimum Gasteiger partial charge on any atom is -0.481 e. The fourth-order valence-corrected chi connectivity index (χ4v) is 1.70. The van der Waals surface area contributed by atoms with Crippen LogP contribution in [0.5, 0.6) is 0 Å². The number of carbonyl (C=O) groups excluding carboxylic acids is 2. The molecule has 130 valence electrons. The Morgan fingerprint density at radius 3 is 2.33 bits per heavy atom. The van der Waals surface area contributed by atoms with E-state index in [0.717, 1.165) is 5.56 Å². The van der Waals surface area contributed by atoms with Gasteiger partial charge >= 0.3 is 18.0 Å². The second-order valence-electron chi connectivity index (χ2n) is 4.81. The largest absolute Gasteiger partial charge is 0.481 e. The highest BCUT2D eigenvalue weighted by Crippen LogP contribution is 2.00. The normalized spacial score (nSPS) is 11.2. The summed E-state index contributed by atoms with van der Waals surface area (Å²) >= 11 is 0. The number of carboxylic acid groups (broad SMARTS) is 2. The topological polar surface area (TPSA) is 142 Å². The molecule has 0 aliphatic rings. The van der Waals surface area contributed by atoms with Gasteiger partial charge < -0.3 is 25.6 Å². The molecule has 9 heteroatoms. The van der Waals surface area contributed by atoms with Crippen LogP contribution in [0.1, 0.15) is 18.4 Å². The average molecular weight is 338 g/mol. The molecule has 0 aromatic heterocycles. The van der Waals surface area contributed by atoms with Crippen molar-refractivity contribution in [1.82, 2.24) is 10.6 Å². The van der Waals surface area contributed by atoms with E-state index in [9.17, 15) is 19.2 Å². The molecule has 0 saturated carbocycles. The van der Waals surface area contributed by atoms with Gasteiger partial charge in [-0.2, -0.15) is 0 Å². The molecule has 1 aromatic rings. The Bertz CT molecular complexity index is 589. The number of alkyl carbamates (subject to hydrolysis) is 1. The van der Waals surface area contributed by atoms with Crippen LogP contribution < -0.4 is 10.6 Å². The number of nitrogens with one attached hydrogen (secondary N) is 2. The van der Waals surface area contributed by atoms with Gasteiger partial charge in [0.2, 0.25) is 5.91 Å². The van der Waals surface area contributed by atoms with Gasteiger partial charge in [0.05, 0.1) is 0 Å². The van der Waals surface area contributed by atoms with Crippen LogP contribution in [0.15, 0.2) is 30.3 Å². The SMILES string of the molecule is O=C(O)CC[C@@H](NC(=O)CNC(=O)OCc1ccccc1)C(=O)O. The van der Waals surface area contributed by atoms with Crippen molar-refractivity contribution in [3.05, 3.63) is 35.9 Å². The highest BCUT2D eigenvalue weighted by Gasteiger charge is 2.21. The van der Waals surface area contributed by atoms with Crippen molar-refractivity contribution < 1.29 is 34.1 Å². The summed E-state index contributed by atoms with van der Waals surface area (Å²) in [5.41, 5.74) is 0.775. The summed E-state index contributed by atoms with van der Waals surface area (Å²) in [7, 11) is 0. The third-order valence-corrected chi connectivity index (χ3v) is 2.89. The van der Waals surface area contributed by atoms with Crippen molar-refractivity contribution in [1.29, 1.82) is 0 Å². The van der Waals surface area contributed by atoms with Crippen molar-refractivity contribution in [3.8, 4) is 0 Å². The van der Waals surface area contributed by atoms with Crippen LogP contribution in [0, 0.1) is 0 Å². The summed E-state index contributed by atoms with van der Waals surface area (Å²) in [6, 6.07) is 7.58. The molecule has 1 atom stereocenters. The Hall–Kier alpha value is -3.10. The summed E-state index contributed by atoms with van der Waals surface area (Å²) in [4.78, 5) is 44.4. The minimum atomic E-state index is -1.35.